The van der Waals surface area contributed by atoms with E-state index in [1.54, 1.807) is 77.3 Å². The summed E-state index contributed by atoms with van der Waals surface area (Å²) in [6.45, 7) is 10.4. The Morgan fingerprint density at radius 1 is 0.938 bits per heavy atom. The first-order valence-corrected chi connectivity index (χ1v) is 22.5. The van der Waals surface area contributed by atoms with Gasteiger partial charge in [0.25, 0.3) is 11.7 Å². The maximum absolute atomic E-state index is 14.3. The lowest BCUT2D eigenvalue weighted by Crippen LogP contribution is -2.61. The Kier molecular flexibility index (Phi) is 19.5. The summed E-state index contributed by atoms with van der Waals surface area (Å²) in [5.74, 6) is -6.23. The number of hydrogen-bond donors (Lipinski definition) is 3. The Morgan fingerprint density at radius 3 is 2.30 bits per heavy atom. The number of allylic oxidation sites excluding steroid dienone is 6. The number of ketones is 3. The van der Waals surface area contributed by atoms with Crippen LogP contribution >= 0.6 is 0 Å². The van der Waals surface area contributed by atoms with Gasteiger partial charge in [-0.2, -0.15) is 0 Å². The third-order valence-corrected chi connectivity index (χ3v) is 13.1. The molecule has 2 fully saturated rings. The normalized spacial score (nSPS) is 35.7. The van der Waals surface area contributed by atoms with Crippen molar-refractivity contribution in [1.29, 1.82) is 0 Å². The van der Waals surface area contributed by atoms with Crippen molar-refractivity contribution in [3.63, 3.8) is 0 Å². The highest BCUT2D eigenvalue weighted by atomic mass is 16.6. The van der Waals surface area contributed by atoms with Crippen molar-refractivity contribution in [2.75, 3.05) is 20.8 Å². The number of carbonyl (C=O) groups excluding carboxylic acids is 5. The molecule has 0 radical (unpaired) electrons. The number of rotatable bonds is 5. The zero-order valence-corrected chi connectivity index (χ0v) is 38.7. The molecule has 3 aliphatic rings. The zero-order chi connectivity index (χ0) is 47.3. The summed E-state index contributed by atoms with van der Waals surface area (Å²) in [7, 11) is 2.89. The van der Waals surface area contributed by atoms with Crippen molar-refractivity contribution in [2.24, 2.45) is 29.6 Å². The van der Waals surface area contributed by atoms with Gasteiger partial charge in [-0.15, -0.1) is 6.42 Å². The van der Waals surface area contributed by atoms with Gasteiger partial charge in [-0.05, 0) is 93.6 Å². The molecule has 12 atom stereocenters. The van der Waals surface area contributed by atoms with E-state index in [1.165, 1.54) is 7.11 Å². The van der Waals surface area contributed by atoms with Crippen molar-refractivity contribution in [3.05, 3.63) is 77.4 Å². The highest BCUT2D eigenvalue weighted by Crippen LogP contribution is 2.37. The minimum Gasteiger partial charge on any atom is -0.508 e. The number of aromatic hydroxyl groups is 1. The van der Waals surface area contributed by atoms with Gasteiger partial charge in [-0.1, -0.05) is 82.2 Å². The molecule has 13 nitrogen and oxygen atoms in total. The minimum absolute atomic E-state index is 0.0694. The first kappa shape index (κ1) is 51.9. The van der Waals surface area contributed by atoms with Crippen LogP contribution in [0.2, 0.25) is 0 Å². The number of aliphatic hydroxyl groups excluding tert-OH is 1. The minimum atomic E-state index is -2.45. The van der Waals surface area contributed by atoms with E-state index in [1.807, 2.05) is 32.1 Å². The highest BCUT2D eigenvalue weighted by Gasteiger charge is 2.53. The molecule has 2 bridgehead atoms. The number of fused-ring (bicyclic) bond motifs is 3. The molecule has 3 heterocycles. The number of aliphatic hydroxyl groups is 2. The number of methoxy groups -OCH3 is 2. The Hall–Kier alpha value is -4.71. The Balaban J connectivity index is 1.72. The molecule has 350 valence electrons. The van der Waals surface area contributed by atoms with Crippen LogP contribution in [0.5, 0.6) is 5.75 Å². The first-order valence-electron chi connectivity index (χ1n) is 22.5. The van der Waals surface area contributed by atoms with E-state index < -0.39 is 89.6 Å². The Labute approximate surface area is 378 Å². The van der Waals surface area contributed by atoms with E-state index in [2.05, 4.69) is 5.92 Å². The van der Waals surface area contributed by atoms with Gasteiger partial charge in [0.2, 0.25) is 5.79 Å². The number of hydrogen-bond acceptors (Lipinski definition) is 12. The van der Waals surface area contributed by atoms with E-state index in [0.29, 0.717) is 44.1 Å². The van der Waals surface area contributed by atoms with Gasteiger partial charge in [0.05, 0.1) is 12.2 Å². The second-order valence-corrected chi connectivity index (χ2v) is 18.0. The van der Waals surface area contributed by atoms with E-state index in [-0.39, 0.29) is 43.1 Å². The molecular weight excluding hydrogens is 819 g/mol. The van der Waals surface area contributed by atoms with E-state index >= 15 is 0 Å². The van der Waals surface area contributed by atoms with Crippen LogP contribution in [0, 0.1) is 41.9 Å². The lowest BCUT2D eigenvalue weighted by molar-refractivity contribution is -0.265. The van der Waals surface area contributed by atoms with Crippen LogP contribution in [0.1, 0.15) is 98.5 Å². The lowest BCUT2D eigenvalue weighted by Gasteiger charge is -2.42. The van der Waals surface area contributed by atoms with Crippen molar-refractivity contribution in [1.82, 2.24) is 4.90 Å². The molecule has 1 amide bonds. The molecular formula is C51H69NO12. The SMILES string of the molecule is C#C[C@@H]1/C=C/C=C/C=C(\C)[C@@H](OC)C[C@@H]2CC[C@@H](C)[C@@](O)(O2)C(=O)C(=O)N2CCCC[C@H]2C(=O)O[C@H]([C@H](C)Cc2ccc(O)cc2)CC(=O)[C@H](C)/C=C(\C)[C@@H](O)[C@@H](OC)C(=O)[C@H](C)C1. The van der Waals surface area contributed by atoms with Gasteiger partial charge in [0.1, 0.15) is 35.9 Å². The fourth-order valence-corrected chi connectivity index (χ4v) is 8.80. The Bertz CT molecular complexity index is 1960. The number of Topliss-reactive ketones (excluding diaryl/α,β-unsaturated/α-hetero) is 3. The summed E-state index contributed by atoms with van der Waals surface area (Å²) >= 11 is 0. The number of benzene rings is 1. The van der Waals surface area contributed by atoms with E-state index in [0.717, 1.165) is 16.0 Å². The first-order chi connectivity index (χ1) is 30.3. The van der Waals surface area contributed by atoms with Crippen molar-refractivity contribution >= 4 is 29.2 Å². The highest BCUT2D eigenvalue weighted by molar-refractivity contribution is 6.39. The molecule has 0 aliphatic carbocycles. The van der Waals surface area contributed by atoms with Gasteiger partial charge in [-0.3, -0.25) is 19.2 Å². The third kappa shape index (κ3) is 13.4. The van der Waals surface area contributed by atoms with Crippen LogP contribution < -0.4 is 0 Å². The van der Waals surface area contributed by atoms with Crippen molar-refractivity contribution in [2.45, 2.75) is 142 Å². The summed E-state index contributed by atoms with van der Waals surface area (Å²) in [4.78, 5) is 71.4. The third-order valence-electron chi connectivity index (χ3n) is 13.1. The van der Waals surface area contributed by atoms with Crippen LogP contribution in [0.3, 0.4) is 0 Å². The molecule has 0 spiro atoms. The number of terminal acetylenes is 1. The van der Waals surface area contributed by atoms with Crippen LogP contribution in [-0.4, -0.2) is 113 Å². The topological polar surface area (TPSA) is 186 Å². The number of phenols is 1. The van der Waals surface area contributed by atoms with Gasteiger partial charge in [0.15, 0.2) is 5.78 Å². The van der Waals surface area contributed by atoms with Gasteiger partial charge in [-0.25, -0.2) is 4.79 Å². The molecule has 3 N–H and O–H groups in total. The number of carbonyl (C=O) groups is 5. The number of phenolic OH excluding ortho intramolecular Hbond substituents is 1. The number of cyclic esters (lactones) is 1. The lowest BCUT2D eigenvalue weighted by atomic mass is 9.85. The molecule has 4 rings (SSSR count). The quantitative estimate of drug-likeness (QED) is 0.132. The maximum Gasteiger partial charge on any atom is 0.329 e. The number of esters is 1. The van der Waals surface area contributed by atoms with Crippen LogP contribution in [0.4, 0.5) is 0 Å². The van der Waals surface area contributed by atoms with Gasteiger partial charge in [0, 0.05) is 57.3 Å². The van der Waals surface area contributed by atoms with Gasteiger partial charge >= 0.3 is 5.97 Å². The average Bonchev–Trinajstić information content (AvgIpc) is 3.28. The summed E-state index contributed by atoms with van der Waals surface area (Å²) < 4.78 is 23.6. The van der Waals surface area contributed by atoms with Crippen LogP contribution in [0.15, 0.2) is 71.9 Å². The largest absolute Gasteiger partial charge is 0.508 e. The summed E-state index contributed by atoms with van der Waals surface area (Å²) in [5, 5.41) is 33.2. The number of ether oxygens (including phenoxy) is 4. The second kappa shape index (κ2) is 24.0. The summed E-state index contributed by atoms with van der Waals surface area (Å²) in [6, 6.07) is 5.38. The van der Waals surface area contributed by atoms with Crippen molar-refractivity contribution in [3.8, 4) is 18.1 Å². The molecule has 13 heteroatoms. The number of nitrogens with zero attached hydrogens (tertiary/aromatic N) is 1. The molecule has 0 unspecified atom stereocenters. The fourth-order valence-electron chi connectivity index (χ4n) is 8.80. The van der Waals surface area contributed by atoms with E-state index in [9.17, 15) is 39.3 Å². The fraction of sp³-hybridized carbons (Fsp3) is 0.588. The van der Waals surface area contributed by atoms with Gasteiger partial charge < -0.3 is 39.2 Å². The molecule has 0 aromatic heterocycles. The predicted molar refractivity (Wildman–Crippen MR) is 241 cm³/mol. The van der Waals surface area contributed by atoms with E-state index in [4.69, 9.17) is 25.4 Å². The predicted octanol–water partition coefficient (Wildman–Crippen LogP) is 6.18. The average molecular weight is 888 g/mol. The molecule has 1 aromatic rings. The number of amides is 1. The molecule has 0 saturated carbocycles. The Morgan fingerprint density at radius 2 is 1.64 bits per heavy atom. The maximum atomic E-state index is 14.3. The zero-order valence-electron chi connectivity index (χ0n) is 38.7. The molecule has 3 aliphatic heterocycles. The van der Waals surface area contributed by atoms with Crippen LogP contribution in [0.25, 0.3) is 0 Å². The second-order valence-electron chi connectivity index (χ2n) is 18.0. The standard InChI is InChI=1S/C51H69NO12/c1-10-37-17-13-11-12-16-31(2)43(61-8)29-40-24-19-36(7)51(60,64-40)48(57)49(58)52-25-15-14-18-41(52)50(59)63-44(33(4)27-38-20-22-39(53)23-21-38)30-42(54)32(3)26-34(5)45(55)47(62-9)46(56)35(6)28-37/h1,11-13,16-17,20-23,26,32-33,35-37,40-41,43-45,47,53,55,60H,14-15,18-19,24-25,27-30H2,2-9H3/b12-11+,17-13+,31-16+,34-26+/t32-,33-,35-,36-,37-,40+,41+,43+,44+,45-,47-,51-/m1/s1. The molecule has 1 aromatic carbocycles. The molecule has 64 heavy (non-hydrogen) atoms. The smallest absolute Gasteiger partial charge is 0.329 e. The van der Waals surface area contributed by atoms with Crippen molar-refractivity contribution < 1.29 is 58.2 Å². The monoisotopic (exact) mass is 887 g/mol. The summed E-state index contributed by atoms with van der Waals surface area (Å²) in [6.07, 6.45) is 14.7. The summed E-state index contributed by atoms with van der Waals surface area (Å²) in [5.41, 5.74) is 2.00. The number of piperidine rings is 1. The van der Waals surface area contributed by atoms with Crippen LogP contribution in [-0.2, 0) is 49.3 Å². The molecule has 2 saturated heterocycles.